The minimum absolute atomic E-state index is 0.0821. The first-order valence-corrected chi connectivity index (χ1v) is 9.39. The summed E-state index contributed by atoms with van der Waals surface area (Å²) in [7, 11) is 0. The maximum atomic E-state index is 12.3. The van der Waals surface area contributed by atoms with Crippen LogP contribution in [0.15, 0.2) is 36.4 Å². The van der Waals surface area contributed by atoms with Crippen LogP contribution in [0.1, 0.15) is 60.8 Å². The molecule has 1 aromatic carbocycles. The fourth-order valence-corrected chi connectivity index (χ4v) is 3.67. The van der Waals surface area contributed by atoms with Crippen LogP contribution in [0.25, 0.3) is 0 Å². The van der Waals surface area contributed by atoms with Gasteiger partial charge in [-0.1, -0.05) is 51.1 Å². The van der Waals surface area contributed by atoms with Crippen molar-refractivity contribution in [3.63, 3.8) is 0 Å². The average Bonchev–Trinajstić information content (AvgIpc) is 2.98. The molecule has 1 heterocycles. The van der Waals surface area contributed by atoms with Gasteiger partial charge in [0.25, 0.3) is 0 Å². The molecule has 2 aromatic rings. The minimum Gasteiger partial charge on any atom is -0.462 e. The van der Waals surface area contributed by atoms with Crippen molar-refractivity contribution in [3.05, 3.63) is 52.4 Å². The zero-order chi connectivity index (χ0) is 18.4. The number of carbonyl (C=O) groups excluding carboxylic acids is 2. The molecule has 1 atom stereocenters. The highest BCUT2D eigenvalue weighted by molar-refractivity contribution is 7.16. The van der Waals surface area contributed by atoms with Crippen LogP contribution >= 0.6 is 11.3 Å². The lowest BCUT2D eigenvalue weighted by Crippen LogP contribution is -2.15. The third-order valence-electron chi connectivity index (χ3n) is 3.82. The molecule has 1 aromatic heterocycles. The average molecular weight is 359 g/mol. The standard InChI is InChI=1S/C20H25NO3S/c1-5-24-20(23)16-12-17(14(4)15-9-7-6-8-10-15)25-19(16)21-18(22)11-13(2)3/h6-10,12-14H,5,11H2,1-4H3,(H,21,22). The van der Waals surface area contributed by atoms with Gasteiger partial charge >= 0.3 is 5.97 Å². The number of benzene rings is 1. The second kappa shape index (κ2) is 8.81. The Balaban J connectivity index is 2.31. The molecule has 5 heteroatoms. The molecule has 0 bridgehead atoms. The molecule has 2 rings (SSSR count). The van der Waals surface area contributed by atoms with Crippen LogP contribution in [0.5, 0.6) is 0 Å². The van der Waals surface area contributed by atoms with E-state index in [4.69, 9.17) is 4.74 Å². The maximum absolute atomic E-state index is 12.3. The lowest BCUT2D eigenvalue weighted by molar-refractivity contribution is -0.116. The number of thiophene rings is 1. The van der Waals surface area contributed by atoms with Gasteiger partial charge in [-0.05, 0) is 24.5 Å². The Labute approximate surface area is 153 Å². The Morgan fingerprint density at radius 2 is 1.84 bits per heavy atom. The Hall–Kier alpha value is -2.14. The van der Waals surface area contributed by atoms with Crippen molar-refractivity contribution in [2.24, 2.45) is 5.92 Å². The summed E-state index contributed by atoms with van der Waals surface area (Å²) in [5.41, 5.74) is 1.60. The van der Waals surface area contributed by atoms with Gasteiger partial charge in [0, 0.05) is 17.2 Å². The van der Waals surface area contributed by atoms with Crippen molar-refractivity contribution in [1.82, 2.24) is 0 Å². The summed E-state index contributed by atoms with van der Waals surface area (Å²) in [5.74, 6) is -0.0877. The number of carbonyl (C=O) groups is 2. The van der Waals surface area contributed by atoms with Crippen LogP contribution < -0.4 is 5.32 Å². The summed E-state index contributed by atoms with van der Waals surface area (Å²) in [6.45, 7) is 8.15. The van der Waals surface area contributed by atoms with Crippen molar-refractivity contribution < 1.29 is 14.3 Å². The molecule has 1 amide bonds. The van der Waals surface area contributed by atoms with Crippen LogP contribution in [0, 0.1) is 5.92 Å². The lowest BCUT2D eigenvalue weighted by atomic mass is 9.99. The molecule has 134 valence electrons. The molecule has 0 radical (unpaired) electrons. The van der Waals surface area contributed by atoms with E-state index < -0.39 is 5.97 Å². The summed E-state index contributed by atoms with van der Waals surface area (Å²) in [6.07, 6.45) is 0.420. The largest absolute Gasteiger partial charge is 0.462 e. The first-order valence-electron chi connectivity index (χ1n) is 8.58. The topological polar surface area (TPSA) is 55.4 Å². The van der Waals surface area contributed by atoms with E-state index in [1.54, 1.807) is 6.92 Å². The molecule has 4 nitrogen and oxygen atoms in total. The van der Waals surface area contributed by atoms with E-state index in [-0.39, 0.29) is 17.7 Å². The Kier molecular flexibility index (Phi) is 6.76. The normalized spacial score (nSPS) is 12.0. The molecule has 1 N–H and O–H groups in total. The number of ether oxygens (including phenoxy) is 1. The molecular weight excluding hydrogens is 334 g/mol. The second-order valence-electron chi connectivity index (χ2n) is 6.39. The number of esters is 1. The Bertz CT molecular complexity index is 722. The van der Waals surface area contributed by atoms with Crippen LogP contribution in [-0.2, 0) is 9.53 Å². The van der Waals surface area contributed by atoms with E-state index in [0.717, 1.165) is 4.88 Å². The van der Waals surface area contributed by atoms with Gasteiger partial charge in [-0.2, -0.15) is 0 Å². The van der Waals surface area contributed by atoms with Crippen molar-refractivity contribution in [2.45, 2.75) is 40.0 Å². The van der Waals surface area contributed by atoms with E-state index in [1.165, 1.54) is 16.9 Å². The number of anilines is 1. The van der Waals surface area contributed by atoms with Crippen LogP contribution in [0.3, 0.4) is 0 Å². The molecule has 0 spiro atoms. The van der Waals surface area contributed by atoms with Crippen molar-refractivity contribution in [3.8, 4) is 0 Å². The van der Waals surface area contributed by atoms with Gasteiger partial charge in [-0.15, -0.1) is 11.3 Å². The maximum Gasteiger partial charge on any atom is 0.341 e. The summed E-state index contributed by atoms with van der Waals surface area (Å²) in [4.78, 5) is 25.4. The molecule has 0 aliphatic heterocycles. The molecular formula is C20H25NO3S. The fourth-order valence-electron chi connectivity index (χ4n) is 2.53. The van der Waals surface area contributed by atoms with Gasteiger partial charge in [0.2, 0.25) is 5.91 Å². The van der Waals surface area contributed by atoms with Crippen LogP contribution in [-0.4, -0.2) is 18.5 Å². The van der Waals surface area contributed by atoms with Gasteiger partial charge in [0.05, 0.1) is 12.2 Å². The second-order valence-corrected chi connectivity index (χ2v) is 7.47. The number of amides is 1. The first kappa shape index (κ1) is 19.2. The predicted molar refractivity (Wildman–Crippen MR) is 102 cm³/mol. The van der Waals surface area contributed by atoms with Gasteiger partial charge < -0.3 is 10.1 Å². The van der Waals surface area contributed by atoms with Crippen molar-refractivity contribution in [2.75, 3.05) is 11.9 Å². The summed E-state index contributed by atoms with van der Waals surface area (Å²) >= 11 is 1.44. The van der Waals surface area contributed by atoms with E-state index in [2.05, 4.69) is 24.4 Å². The SMILES string of the molecule is CCOC(=O)c1cc(C(C)c2ccccc2)sc1NC(=O)CC(C)C. The smallest absolute Gasteiger partial charge is 0.341 e. The van der Waals surface area contributed by atoms with Crippen molar-refractivity contribution in [1.29, 1.82) is 0 Å². The quantitative estimate of drug-likeness (QED) is 0.703. The van der Waals surface area contributed by atoms with Crippen LogP contribution in [0.4, 0.5) is 5.00 Å². The van der Waals surface area contributed by atoms with E-state index >= 15 is 0 Å². The monoisotopic (exact) mass is 359 g/mol. The highest BCUT2D eigenvalue weighted by atomic mass is 32.1. The third-order valence-corrected chi connectivity index (χ3v) is 5.05. The summed E-state index contributed by atoms with van der Waals surface area (Å²) < 4.78 is 5.15. The summed E-state index contributed by atoms with van der Waals surface area (Å²) in [6, 6.07) is 11.9. The molecule has 0 aliphatic rings. The number of hydrogen-bond donors (Lipinski definition) is 1. The molecule has 0 aliphatic carbocycles. The van der Waals surface area contributed by atoms with E-state index in [1.807, 2.05) is 38.1 Å². The molecule has 0 saturated carbocycles. The highest BCUT2D eigenvalue weighted by Crippen LogP contribution is 2.36. The molecule has 0 saturated heterocycles. The summed E-state index contributed by atoms with van der Waals surface area (Å²) in [5, 5.41) is 3.46. The fraction of sp³-hybridized carbons (Fsp3) is 0.400. The number of hydrogen-bond acceptors (Lipinski definition) is 4. The Morgan fingerprint density at radius 1 is 1.16 bits per heavy atom. The molecule has 25 heavy (non-hydrogen) atoms. The molecule has 0 fully saturated rings. The zero-order valence-electron chi connectivity index (χ0n) is 15.2. The van der Waals surface area contributed by atoms with Crippen molar-refractivity contribution >= 4 is 28.2 Å². The van der Waals surface area contributed by atoms with Gasteiger partial charge in [0.15, 0.2) is 0 Å². The number of rotatable bonds is 7. The Morgan fingerprint density at radius 3 is 2.44 bits per heavy atom. The van der Waals surface area contributed by atoms with Gasteiger partial charge in [0.1, 0.15) is 5.00 Å². The van der Waals surface area contributed by atoms with Gasteiger partial charge in [-0.25, -0.2) is 4.79 Å². The van der Waals surface area contributed by atoms with Gasteiger partial charge in [-0.3, -0.25) is 4.79 Å². The molecule has 1 unspecified atom stereocenters. The lowest BCUT2D eigenvalue weighted by Gasteiger charge is -2.09. The van der Waals surface area contributed by atoms with E-state index in [0.29, 0.717) is 23.6 Å². The third kappa shape index (κ3) is 5.16. The minimum atomic E-state index is -0.398. The van der Waals surface area contributed by atoms with Crippen LogP contribution in [0.2, 0.25) is 0 Å². The first-order chi connectivity index (χ1) is 11.9. The zero-order valence-corrected chi connectivity index (χ0v) is 16.0. The number of nitrogens with one attached hydrogen (secondary N) is 1. The highest BCUT2D eigenvalue weighted by Gasteiger charge is 2.22. The van der Waals surface area contributed by atoms with E-state index in [9.17, 15) is 9.59 Å². The predicted octanol–water partition coefficient (Wildman–Crippen LogP) is 5.06.